The number of phosphoric ester groups is 1. The van der Waals surface area contributed by atoms with Gasteiger partial charge in [0.25, 0.3) is 7.82 Å². The number of rotatable bonds is 53. The molecule has 0 saturated heterocycles. The summed E-state index contributed by atoms with van der Waals surface area (Å²) < 4.78 is 34.2. The molecule has 0 aromatic rings. The number of quaternary nitrogens is 1. The maximum atomic E-state index is 12.8. The summed E-state index contributed by atoms with van der Waals surface area (Å²) in [4.78, 5) is 37.9. The van der Waals surface area contributed by atoms with Gasteiger partial charge in [-0.25, -0.2) is 0 Å². The van der Waals surface area contributed by atoms with Crippen LogP contribution in [0.5, 0.6) is 0 Å². The normalized spacial score (nSPS) is 14.4. The number of carbonyl (C=O) groups excluding carboxylic acids is 2. The minimum Gasteiger partial charge on any atom is -0.756 e. The number of carbonyl (C=O) groups is 2. The number of unbranched alkanes of at least 4 members (excludes halogenated alkanes) is 13. The third-order valence-corrected chi connectivity index (χ3v) is 13.0. The summed E-state index contributed by atoms with van der Waals surface area (Å²) in [7, 11) is 1.12. The van der Waals surface area contributed by atoms with Gasteiger partial charge < -0.3 is 27.9 Å². The zero-order chi connectivity index (χ0) is 57.0. The van der Waals surface area contributed by atoms with Gasteiger partial charge in [-0.3, -0.25) is 14.2 Å². The molecule has 2 unspecified atom stereocenters. The molecule has 0 N–H and O–H groups in total. The Balaban J connectivity index is 4.27. The Morgan fingerprint density at radius 3 is 1.03 bits per heavy atom. The molecule has 9 nitrogen and oxygen atoms in total. The molecule has 0 aromatic heterocycles. The molecule has 0 bridgehead atoms. The second kappa shape index (κ2) is 57.3. The van der Waals surface area contributed by atoms with E-state index >= 15 is 0 Å². The molecule has 0 aromatic carbocycles. The third kappa shape index (κ3) is 60.9. The average molecular weight is 1100 g/mol. The second-order valence-corrected chi connectivity index (χ2v) is 22.0. The summed E-state index contributed by atoms with van der Waals surface area (Å²) in [6.45, 7) is 3.95. The van der Waals surface area contributed by atoms with E-state index in [1.54, 1.807) is 0 Å². The topological polar surface area (TPSA) is 111 Å². The smallest absolute Gasteiger partial charge is 0.306 e. The van der Waals surface area contributed by atoms with Crippen LogP contribution in [-0.4, -0.2) is 70.0 Å². The van der Waals surface area contributed by atoms with E-state index in [1.807, 2.05) is 21.1 Å². The lowest BCUT2D eigenvalue weighted by Crippen LogP contribution is -2.37. The monoisotopic (exact) mass is 1100 g/mol. The molecule has 10 heteroatoms. The fourth-order valence-electron chi connectivity index (χ4n) is 7.46. The number of allylic oxidation sites excluding steroid dienone is 26. The Hall–Kier alpha value is -4.37. The van der Waals surface area contributed by atoms with Crippen LogP contribution in [0.1, 0.15) is 206 Å². The first-order valence-corrected chi connectivity index (χ1v) is 31.7. The van der Waals surface area contributed by atoms with Gasteiger partial charge in [0.1, 0.15) is 19.8 Å². The van der Waals surface area contributed by atoms with E-state index in [0.29, 0.717) is 23.9 Å². The Labute approximate surface area is 477 Å². The van der Waals surface area contributed by atoms with Crippen molar-refractivity contribution in [2.45, 2.75) is 213 Å². The molecule has 2 atom stereocenters. The van der Waals surface area contributed by atoms with E-state index in [0.717, 1.165) is 148 Å². The van der Waals surface area contributed by atoms with Crippen molar-refractivity contribution in [3.05, 3.63) is 158 Å². The van der Waals surface area contributed by atoms with Crippen LogP contribution in [0.15, 0.2) is 158 Å². The summed E-state index contributed by atoms with van der Waals surface area (Å²) in [5.41, 5.74) is 0. The molecule has 0 aliphatic carbocycles. The van der Waals surface area contributed by atoms with Crippen LogP contribution < -0.4 is 4.89 Å². The molecule has 0 rings (SSSR count). The quantitative estimate of drug-likeness (QED) is 0.0195. The Bertz CT molecular complexity index is 1870. The van der Waals surface area contributed by atoms with Gasteiger partial charge in [-0.15, -0.1) is 0 Å². The Kier molecular flexibility index (Phi) is 54.1. The zero-order valence-corrected chi connectivity index (χ0v) is 50.7. The Morgan fingerprint density at radius 2 is 0.692 bits per heavy atom. The van der Waals surface area contributed by atoms with Gasteiger partial charge in [-0.2, -0.15) is 0 Å². The number of hydrogen-bond donors (Lipinski definition) is 0. The average Bonchev–Trinajstić information content (AvgIpc) is 3.40. The standard InChI is InChI=1S/C68H110NO8P/c1-6-8-10-12-14-16-18-20-22-24-26-28-30-31-32-33-34-35-36-37-39-41-43-45-47-49-51-53-55-57-59-61-68(71)77-66(65-76-78(72,73)75-63-62-69(3,4)5)64-74-67(70)60-58-56-54-52-50-48-46-44-42-40-38-29-27-25-23-21-19-17-15-13-11-9-7-2/h8-11,14-17,20-23,26-29,31-32,34-35,37,39-40,42-43,45,66H,6-7,12-13,18-19,24-25,30,33,36,38,41,44,46-65H2,1-5H3/b10-8-,11-9-,16-14-,17-15-,22-20-,23-21-,28-26-,29-27-,32-31-,35-34-,39-37-,42-40-,45-43-. The van der Waals surface area contributed by atoms with Gasteiger partial charge in [0, 0.05) is 12.8 Å². The van der Waals surface area contributed by atoms with Gasteiger partial charge in [-0.1, -0.05) is 230 Å². The molecule has 78 heavy (non-hydrogen) atoms. The van der Waals surface area contributed by atoms with Crippen molar-refractivity contribution in [2.24, 2.45) is 0 Å². The molecule has 0 aliphatic rings. The molecule has 0 radical (unpaired) electrons. The van der Waals surface area contributed by atoms with Crippen LogP contribution in [0, 0.1) is 0 Å². The van der Waals surface area contributed by atoms with Crippen LogP contribution >= 0.6 is 7.82 Å². The largest absolute Gasteiger partial charge is 0.756 e. The summed E-state index contributed by atoms with van der Waals surface area (Å²) in [6.07, 6.45) is 85.7. The van der Waals surface area contributed by atoms with Crippen molar-refractivity contribution in [1.82, 2.24) is 0 Å². The molecule has 0 fully saturated rings. The van der Waals surface area contributed by atoms with Crippen molar-refractivity contribution < 1.29 is 42.1 Å². The van der Waals surface area contributed by atoms with Gasteiger partial charge >= 0.3 is 11.9 Å². The summed E-state index contributed by atoms with van der Waals surface area (Å²) >= 11 is 0. The maximum Gasteiger partial charge on any atom is 0.306 e. The number of hydrogen-bond acceptors (Lipinski definition) is 8. The number of ether oxygens (including phenoxy) is 2. The highest BCUT2D eigenvalue weighted by atomic mass is 31.2. The van der Waals surface area contributed by atoms with Crippen molar-refractivity contribution in [3.63, 3.8) is 0 Å². The number of likely N-dealkylation sites (N-methyl/N-ethyl adjacent to an activating group) is 1. The molecule has 440 valence electrons. The minimum atomic E-state index is -4.66. The first-order valence-electron chi connectivity index (χ1n) is 30.2. The predicted molar refractivity (Wildman–Crippen MR) is 332 cm³/mol. The fourth-order valence-corrected chi connectivity index (χ4v) is 8.19. The van der Waals surface area contributed by atoms with E-state index in [9.17, 15) is 19.0 Å². The second-order valence-electron chi connectivity index (χ2n) is 20.6. The summed E-state index contributed by atoms with van der Waals surface area (Å²) in [5.74, 6) is -0.877. The van der Waals surface area contributed by atoms with Crippen molar-refractivity contribution >= 4 is 19.8 Å². The minimum absolute atomic E-state index is 0.0457. The molecule has 0 aliphatic heterocycles. The molecular formula is C68H110NO8P. The first-order chi connectivity index (χ1) is 38.0. The molecule has 0 amide bonds. The van der Waals surface area contributed by atoms with E-state index in [1.165, 1.54) is 19.3 Å². The predicted octanol–water partition coefficient (Wildman–Crippen LogP) is 18.6. The number of phosphoric acid groups is 1. The SMILES string of the molecule is CC/C=C\C/C=C\C/C=C\C/C=C\C/C=C\C/C=C\C/C=C\C/C=C\CCCCCCCCC(=O)OC(COC(=O)CCCCCCCCC/C=C\C/C=C\C/C=C\C/C=C\C/C=C\CC)COP(=O)([O-])OCC[N+](C)(C)C. The van der Waals surface area contributed by atoms with Crippen molar-refractivity contribution in [1.29, 1.82) is 0 Å². The van der Waals surface area contributed by atoms with Gasteiger partial charge in [0.2, 0.25) is 0 Å². The van der Waals surface area contributed by atoms with Crippen LogP contribution in [0.2, 0.25) is 0 Å². The van der Waals surface area contributed by atoms with Crippen molar-refractivity contribution in [3.8, 4) is 0 Å². The number of nitrogens with zero attached hydrogens (tertiary/aromatic N) is 1. The van der Waals surface area contributed by atoms with E-state index in [-0.39, 0.29) is 26.1 Å². The van der Waals surface area contributed by atoms with E-state index < -0.39 is 32.5 Å². The van der Waals surface area contributed by atoms with Crippen LogP contribution in [0.3, 0.4) is 0 Å². The molecule has 0 saturated carbocycles. The maximum absolute atomic E-state index is 12.8. The first kappa shape index (κ1) is 73.6. The highest BCUT2D eigenvalue weighted by Crippen LogP contribution is 2.38. The highest BCUT2D eigenvalue weighted by Gasteiger charge is 2.21. The molecule has 0 heterocycles. The van der Waals surface area contributed by atoms with Gasteiger partial charge in [0.05, 0.1) is 27.7 Å². The van der Waals surface area contributed by atoms with Gasteiger partial charge in [0.15, 0.2) is 6.10 Å². The number of esters is 2. The lowest BCUT2D eigenvalue weighted by atomic mass is 10.1. The lowest BCUT2D eigenvalue weighted by molar-refractivity contribution is -0.870. The summed E-state index contributed by atoms with van der Waals surface area (Å²) in [6, 6.07) is 0. The van der Waals surface area contributed by atoms with Crippen LogP contribution in [0.4, 0.5) is 0 Å². The van der Waals surface area contributed by atoms with Crippen LogP contribution in [-0.2, 0) is 32.7 Å². The summed E-state index contributed by atoms with van der Waals surface area (Å²) in [5, 5.41) is 0. The lowest BCUT2D eigenvalue weighted by Gasteiger charge is -2.28. The van der Waals surface area contributed by atoms with E-state index in [2.05, 4.69) is 172 Å². The molecule has 0 spiro atoms. The zero-order valence-electron chi connectivity index (χ0n) is 49.8. The van der Waals surface area contributed by atoms with E-state index in [4.69, 9.17) is 18.5 Å². The fraction of sp³-hybridized carbons (Fsp3) is 0.588. The van der Waals surface area contributed by atoms with Crippen LogP contribution in [0.25, 0.3) is 0 Å². The van der Waals surface area contributed by atoms with Crippen molar-refractivity contribution in [2.75, 3.05) is 47.5 Å². The van der Waals surface area contributed by atoms with Gasteiger partial charge in [-0.05, 0) is 122 Å². The highest BCUT2D eigenvalue weighted by molar-refractivity contribution is 7.45. The Morgan fingerprint density at radius 1 is 0.397 bits per heavy atom. The molecular weight excluding hydrogens is 990 g/mol. The third-order valence-electron chi connectivity index (χ3n) is 12.0.